The van der Waals surface area contributed by atoms with Crippen molar-refractivity contribution in [1.82, 2.24) is 4.98 Å². The number of rotatable bonds is 6. The van der Waals surface area contributed by atoms with Crippen molar-refractivity contribution in [2.45, 2.75) is 32.3 Å². The number of aliphatic hydroxyl groups excluding tert-OH is 1. The fourth-order valence-electron chi connectivity index (χ4n) is 1.62. The van der Waals surface area contributed by atoms with Crippen molar-refractivity contribution in [3.63, 3.8) is 0 Å². The van der Waals surface area contributed by atoms with Gasteiger partial charge in [-0.25, -0.2) is 0 Å². The Morgan fingerprint density at radius 3 is 2.56 bits per heavy atom. The fraction of sp³-hybridized carbons (Fsp3) is 0.500. The molecule has 2 N–H and O–H groups in total. The van der Waals surface area contributed by atoms with Crippen LogP contribution in [0.2, 0.25) is 0 Å². The highest BCUT2D eigenvalue weighted by Crippen LogP contribution is 2.25. The number of unbranched alkanes of at least 4 members (excludes halogenated alkanes) is 1. The van der Waals surface area contributed by atoms with Crippen LogP contribution in [0, 0.1) is 5.92 Å². The summed E-state index contributed by atoms with van der Waals surface area (Å²) in [5.41, 5.74) is 0.561. The molecule has 1 rings (SSSR count). The number of pyridine rings is 1. The van der Waals surface area contributed by atoms with Crippen LogP contribution in [0.25, 0.3) is 0 Å². The normalized spacial score (nSPS) is 12.8. The van der Waals surface area contributed by atoms with Gasteiger partial charge in [0.05, 0.1) is 12.0 Å². The molecule has 18 heavy (non-hydrogen) atoms. The van der Waals surface area contributed by atoms with Crippen LogP contribution in [-0.2, 0) is 4.79 Å². The largest absolute Gasteiger partial charge is 0.481 e. The summed E-state index contributed by atoms with van der Waals surface area (Å²) in [7, 11) is 0. The first-order valence-corrected chi connectivity index (χ1v) is 5.47. The number of hydrogen-bond donors (Lipinski definition) is 2. The third kappa shape index (κ3) is 5.67. The first-order chi connectivity index (χ1) is 7.66. The van der Waals surface area contributed by atoms with Gasteiger partial charge in [-0.15, -0.1) is 24.8 Å². The summed E-state index contributed by atoms with van der Waals surface area (Å²) in [6.45, 7) is 2.00. The molecule has 104 valence electrons. The third-order valence-electron chi connectivity index (χ3n) is 2.59. The molecular weight excluding hydrogens is 277 g/mol. The van der Waals surface area contributed by atoms with Gasteiger partial charge in [0, 0.05) is 12.4 Å². The number of aliphatic hydroxyl groups is 1. The monoisotopic (exact) mass is 295 g/mol. The Labute approximate surface area is 119 Å². The van der Waals surface area contributed by atoms with Gasteiger partial charge in [0.15, 0.2) is 0 Å². The van der Waals surface area contributed by atoms with E-state index in [0.717, 1.165) is 12.8 Å². The van der Waals surface area contributed by atoms with Crippen LogP contribution in [0.15, 0.2) is 24.5 Å². The van der Waals surface area contributed by atoms with Crippen LogP contribution in [-0.4, -0.2) is 21.2 Å². The molecule has 1 aromatic rings. The van der Waals surface area contributed by atoms with Crippen LogP contribution in [0.5, 0.6) is 0 Å². The van der Waals surface area contributed by atoms with E-state index in [1.165, 1.54) is 6.20 Å². The predicted octanol–water partition coefficient (Wildman–Crippen LogP) is 2.85. The van der Waals surface area contributed by atoms with Crippen LogP contribution in [0.4, 0.5) is 0 Å². The third-order valence-corrected chi connectivity index (χ3v) is 2.59. The highest BCUT2D eigenvalue weighted by molar-refractivity contribution is 5.85. The summed E-state index contributed by atoms with van der Waals surface area (Å²) in [4.78, 5) is 14.9. The number of carboxylic acid groups (broad SMARTS) is 1. The van der Waals surface area contributed by atoms with Crippen molar-refractivity contribution < 1.29 is 15.0 Å². The Balaban J connectivity index is 0. The lowest BCUT2D eigenvalue weighted by molar-refractivity contribution is -0.146. The standard InChI is InChI=1S/C12H17NO3.2ClH/c1-2-3-6-10(12(15)16)11(14)9-5-4-7-13-8-9;;/h4-5,7-8,10-11,14H,2-3,6H2,1H3,(H,15,16);2*1H. The maximum Gasteiger partial charge on any atom is 0.309 e. The summed E-state index contributed by atoms with van der Waals surface area (Å²) in [5.74, 6) is -1.70. The van der Waals surface area contributed by atoms with Gasteiger partial charge in [-0.1, -0.05) is 25.8 Å². The number of aromatic nitrogens is 1. The Kier molecular flexibility index (Phi) is 11.0. The quantitative estimate of drug-likeness (QED) is 0.847. The van der Waals surface area contributed by atoms with E-state index in [4.69, 9.17) is 5.11 Å². The second-order valence-electron chi connectivity index (χ2n) is 3.82. The van der Waals surface area contributed by atoms with E-state index >= 15 is 0 Å². The summed E-state index contributed by atoms with van der Waals surface area (Å²) >= 11 is 0. The first kappa shape index (κ1) is 19.5. The SMILES string of the molecule is CCCCC(C(=O)O)C(O)c1cccnc1.Cl.Cl. The molecule has 0 aromatic carbocycles. The minimum Gasteiger partial charge on any atom is -0.481 e. The van der Waals surface area contributed by atoms with Gasteiger partial charge in [0.2, 0.25) is 0 Å². The lowest BCUT2D eigenvalue weighted by Crippen LogP contribution is -2.22. The lowest BCUT2D eigenvalue weighted by Gasteiger charge is -2.18. The van der Waals surface area contributed by atoms with Gasteiger partial charge >= 0.3 is 5.97 Å². The molecule has 1 aromatic heterocycles. The second-order valence-corrected chi connectivity index (χ2v) is 3.82. The van der Waals surface area contributed by atoms with E-state index in [9.17, 15) is 9.90 Å². The van der Waals surface area contributed by atoms with Crippen LogP contribution in [0.3, 0.4) is 0 Å². The minimum absolute atomic E-state index is 0. The molecule has 2 unspecified atom stereocenters. The molecule has 0 aliphatic carbocycles. The first-order valence-electron chi connectivity index (χ1n) is 5.47. The van der Waals surface area contributed by atoms with E-state index in [1.54, 1.807) is 18.3 Å². The summed E-state index contributed by atoms with van der Waals surface area (Å²) < 4.78 is 0. The molecule has 0 aliphatic rings. The molecule has 0 amide bonds. The average Bonchev–Trinajstić information content (AvgIpc) is 2.30. The maximum atomic E-state index is 11.0. The molecule has 2 atom stereocenters. The van der Waals surface area contributed by atoms with Gasteiger partial charge in [0.25, 0.3) is 0 Å². The number of aliphatic carboxylic acids is 1. The van der Waals surface area contributed by atoms with Gasteiger partial charge in [0.1, 0.15) is 0 Å². The fourth-order valence-corrected chi connectivity index (χ4v) is 1.62. The second kappa shape index (κ2) is 10.1. The highest BCUT2D eigenvalue weighted by atomic mass is 35.5. The van der Waals surface area contributed by atoms with Crippen molar-refractivity contribution in [2.75, 3.05) is 0 Å². The molecule has 0 radical (unpaired) electrons. The number of halogens is 2. The summed E-state index contributed by atoms with van der Waals surface area (Å²) in [5, 5.41) is 19.0. The Morgan fingerprint density at radius 1 is 1.44 bits per heavy atom. The topological polar surface area (TPSA) is 70.4 Å². The molecular formula is C12H19Cl2NO3. The zero-order valence-electron chi connectivity index (χ0n) is 10.2. The Morgan fingerprint density at radius 2 is 2.11 bits per heavy atom. The van der Waals surface area contributed by atoms with E-state index in [0.29, 0.717) is 12.0 Å². The number of nitrogens with zero attached hydrogens (tertiary/aromatic N) is 1. The molecule has 0 aliphatic heterocycles. The molecule has 0 bridgehead atoms. The smallest absolute Gasteiger partial charge is 0.309 e. The van der Waals surface area contributed by atoms with Gasteiger partial charge in [-0.05, 0) is 18.1 Å². The van der Waals surface area contributed by atoms with E-state index in [-0.39, 0.29) is 24.8 Å². The van der Waals surface area contributed by atoms with Crippen molar-refractivity contribution in [1.29, 1.82) is 0 Å². The Bertz CT molecular complexity index is 335. The van der Waals surface area contributed by atoms with Gasteiger partial charge in [-0.2, -0.15) is 0 Å². The predicted molar refractivity (Wildman–Crippen MR) is 74.3 cm³/mol. The minimum atomic E-state index is -0.974. The molecule has 6 heteroatoms. The van der Waals surface area contributed by atoms with Gasteiger partial charge in [-0.3, -0.25) is 9.78 Å². The van der Waals surface area contributed by atoms with Crippen molar-refractivity contribution in [3.05, 3.63) is 30.1 Å². The lowest BCUT2D eigenvalue weighted by atomic mass is 9.92. The van der Waals surface area contributed by atoms with Gasteiger partial charge < -0.3 is 10.2 Å². The zero-order valence-corrected chi connectivity index (χ0v) is 11.8. The number of hydrogen-bond acceptors (Lipinski definition) is 3. The van der Waals surface area contributed by atoms with Crippen LogP contribution >= 0.6 is 24.8 Å². The maximum absolute atomic E-state index is 11.0. The molecule has 1 heterocycles. The van der Waals surface area contributed by atoms with Crippen LogP contribution < -0.4 is 0 Å². The van der Waals surface area contributed by atoms with E-state index < -0.39 is 18.0 Å². The van der Waals surface area contributed by atoms with E-state index in [2.05, 4.69) is 4.98 Å². The molecule has 0 saturated heterocycles. The number of carbonyl (C=O) groups is 1. The van der Waals surface area contributed by atoms with E-state index in [1.807, 2.05) is 6.92 Å². The van der Waals surface area contributed by atoms with Crippen molar-refractivity contribution in [2.24, 2.45) is 5.92 Å². The highest BCUT2D eigenvalue weighted by Gasteiger charge is 2.27. The van der Waals surface area contributed by atoms with Crippen LogP contribution in [0.1, 0.15) is 37.9 Å². The molecule has 0 saturated carbocycles. The van der Waals surface area contributed by atoms with Crippen molar-refractivity contribution in [3.8, 4) is 0 Å². The van der Waals surface area contributed by atoms with Crippen molar-refractivity contribution >= 4 is 30.8 Å². The molecule has 0 spiro atoms. The number of carboxylic acids is 1. The molecule has 0 fully saturated rings. The zero-order chi connectivity index (χ0) is 12.0. The Hall–Kier alpha value is -0.840. The average molecular weight is 296 g/mol. The summed E-state index contributed by atoms with van der Waals surface area (Å²) in [6, 6.07) is 3.39. The summed E-state index contributed by atoms with van der Waals surface area (Å²) in [6.07, 6.45) is 4.34. The molecule has 4 nitrogen and oxygen atoms in total.